The zero-order valence-electron chi connectivity index (χ0n) is 11.1. The summed E-state index contributed by atoms with van der Waals surface area (Å²) in [7, 11) is 0. The minimum Gasteiger partial charge on any atom is -0.260 e. The molecule has 0 aliphatic rings. The normalized spacial score (nSPS) is 11.2. The van der Waals surface area contributed by atoms with Gasteiger partial charge in [0, 0.05) is 10.4 Å². The Morgan fingerprint density at radius 3 is 2.75 bits per heavy atom. The van der Waals surface area contributed by atoms with Crippen LogP contribution in [0.2, 0.25) is 5.02 Å². The molecule has 0 fully saturated rings. The van der Waals surface area contributed by atoms with Gasteiger partial charge in [-0.25, -0.2) is 4.39 Å². The molecule has 0 saturated carbocycles. The molecule has 3 aromatic rings. The van der Waals surface area contributed by atoms with Crippen LogP contribution in [0, 0.1) is 5.82 Å². The maximum atomic E-state index is 13.1. The number of rotatable bonds is 3. The van der Waals surface area contributed by atoms with Crippen molar-refractivity contribution < 1.29 is 4.39 Å². The van der Waals surface area contributed by atoms with E-state index in [1.807, 2.05) is 22.9 Å². The van der Waals surface area contributed by atoms with Crippen LogP contribution >= 0.6 is 11.6 Å². The van der Waals surface area contributed by atoms with Gasteiger partial charge < -0.3 is 0 Å². The van der Waals surface area contributed by atoms with Gasteiger partial charge in [-0.05, 0) is 30.2 Å². The lowest BCUT2D eigenvalue weighted by molar-refractivity contribution is 0.625. The predicted octanol–water partition coefficient (Wildman–Crippen LogP) is 4.44. The minimum atomic E-state index is -0.321. The number of halogens is 2. The Balaban J connectivity index is 2.06. The summed E-state index contributed by atoms with van der Waals surface area (Å²) in [5, 5.41) is 6.22. The van der Waals surface area contributed by atoms with E-state index < -0.39 is 0 Å². The lowest BCUT2D eigenvalue weighted by atomic mass is 10.2. The summed E-state index contributed by atoms with van der Waals surface area (Å²) in [6.07, 6.45) is 0.880. The molecule has 102 valence electrons. The summed E-state index contributed by atoms with van der Waals surface area (Å²) in [5.74, 6) is -0.321. The molecule has 4 heteroatoms. The molecule has 0 radical (unpaired) electrons. The van der Waals surface area contributed by atoms with Crippen LogP contribution in [0.1, 0.15) is 18.2 Å². The van der Waals surface area contributed by atoms with Gasteiger partial charge in [0.1, 0.15) is 5.82 Å². The molecule has 1 heterocycles. The van der Waals surface area contributed by atoms with Crippen LogP contribution in [0.25, 0.3) is 10.9 Å². The number of aromatic nitrogens is 2. The molecular weight excluding hydrogens is 275 g/mol. The fourth-order valence-electron chi connectivity index (χ4n) is 2.39. The molecule has 0 aliphatic heterocycles. The van der Waals surface area contributed by atoms with E-state index in [9.17, 15) is 4.39 Å². The molecule has 2 nitrogen and oxygen atoms in total. The number of fused-ring (bicyclic) bond motifs is 1. The maximum absolute atomic E-state index is 13.1. The lowest BCUT2D eigenvalue weighted by Gasteiger charge is -2.06. The van der Waals surface area contributed by atoms with Gasteiger partial charge in [0.25, 0.3) is 0 Å². The zero-order valence-corrected chi connectivity index (χ0v) is 11.9. The molecule has 2 aromatic carbocycles. The van der Waals surface area contributed by atoms with E-state index >= 15 is 0 Å². The Hall–Kier alpha value is -1.87. The van der Waals surface area contributed by atoms with E-state index in [1.165, 1.54) is 12.1 Å². The van der Waals surface area contributed by atoms with Crippen molar-refractivity contribution in [1.29, 1.82) is 0 Å². The predicted molar refractivity (Wildman–Crippen MR) is 79.6 cm³/mol. The first-order valence-corrected chi connectivity index (χ1v) is 6.95. The molecule has 3 rings (SSSR count). The van der Waals surface area contributed by atoms with E-state index in [1.54, 1.807) is 6.07 Å². The average Bonchev–Trinajstić information content (AvgIpc) is 2.80. The van der Waals surface area contributed by atoms with Gasteiger partial charge in [0.05, 0.1) is 17.8 Å². The molecule has 0 N–H and O–H groups in total. The fraction of sp³-hybridized carbons (Fsp3) is 0.188. The first-order chi connectivity index (χ1) is 9.69. The van der Waals surface area contributed by atoms with Gasteiger partial charge in [-0.15, -0.1) is 0 Å². The number of hydrogen-bond donors (Lipinski definition) is 0. The molecule has 0 bridgehead atoms. The third-order valence-electron chi connectivity index (χ3n) is 3.40. The second-order valence-corrected chi connectivity index (χ2v) is 5.12. The molecule has 0 atom stereocenters. The van der Waals surface area contributed by atoms with Crippen molar-refractivity contribution in [1.82, 2.24) is 9.78 Å². The van der Waals surface area contributed by atoms with Crippen LogP contribution in [0.15, 0.2) is 42.5 Å². The van der Waals surface area contributed by atoms with Gasteiger partial charge in [-0.3, -0.25) is 4.68 Å². The number of para-hydroxylation sites is 1. The highest BCUT2D eigenvalue weighted by Gasteiger charge is 2.10. The van der Waals surface area contributed by atoms with Gasteiger partial charge in [-0.2, -0.15) is 5.10 Å². The summed E-state index contributed by atoms with van der Waals surface area (Å²) >= 11 is 6.09. The van der Waals surface area contributed by atoms with Gasteiger partial charge in [-0.1, -0.05) is 42.8 Å². The van der Waals surface area contributed by atoms with Crippen LogP contribution in [0.4, 0.5) is 4.39 Å². The smallest absolute Gasteiger partial charge is 0.124 e. The second kappa shape index (κ2) is 5.25. The number of nitrogens with zero attached hydrogens (tertiary/aromatic N) is 2. The van der Waals surface area contributed by atoms with E-state index in [0.29, 0.717) is 11.6 Å². The van der Waals surface area contributed by atoms with Crippen LogP contribution < -0.4 is 0 Å². The highest BCUT2D eigenvalue weighted by Crippen LogP contribution is 2.23. The maximum Gasteiger partial charge on any atom is 0.124 e. The second-order valence-electron chi connectivity index (χ2n) is 4.71. The van der Waals surface area contributed by atoms with E-state index in [4.69, 9.17) is 11.6 Å². The Morgan fingerprint density at radius 2 is 2.00 bits per heavy atom. The first-order valence-electron chi connectivity index (χ1n) is 6.57. The molecule has 0 amide bonds. The van der Waals surface area contributed by atoms with Crippen LogP contribution in [-0.2, 0) is 13.0 Å². The highest BCUT2D eigenvalue weighted by molar-refractivity contribution is 6.31. The third kappa shape index (κ3) is 2.29. The molecule has 0 saturated heterocycles. The van der Waals surface area contributed by atoms with Crippen molar-refractivity contribution in [3.8, 4) is 0 Å². The Morgan fingerprint density at radius 1 is 1.20 bits per heavy atom. The number of aryl methyl sites for hydroxylation is 1. The van der Waals surface area contributed by atoms with Crippen molar-refractivity contribution in [3.63, 3.8) is 0 Å². The molecule has 1 aromatic heterocycles. The molecule has 20 heavy (non-hydrogen) atoms. The largest absolute Gasteiger partial charge is 0.260 e. The quantitative estimate of drug-likeness (QED) is 0.697. The Kier molecular flexibility index (Phi) is 3.45. The van der Waals surface area contributed by atoms with Gasteiger partial charge in [0.15, 0.2) is 0 Å². The van der Waals surface area contributed by atoms with E-state index in [-0.39, 0.29) is 5.82 Å². The Labute approximate surface area is 121 Å². The van der Waals surface area contributed by atoms with E-state index in [0.717, 1.165) is 28.6 Å². The van der Waals surface area contributed by atoms with Crippen molar-refractivity contribution >= 4 is 22.5 Å². The number of hydrogen-bond acceptors (Lipinski definition) is 1. The van der Waals surface area contributed by atoms with Crippen molar-refractivity contribution in [2.75, 3.05) is 0 Å². The van der Waals surface area contributed by atoms with Crippen molar-refractivity contribution in [2.45, 2.75) is 19.9 Å². The van der Waals surface area contributed by atoms with Crippen LogP contribution in [0.3, 0.4) is 0 Å². The molecule has 0 unspecified atom stereocenters. The van der Waals surface area contributed by atoms with E-state index in [2.05, 4.69) is 18.1 Å². The summed E-state index contributed by atoms with van der Waals surface area (Å²) in [6, 6.07) is 12.6. The highest BCUT2D eigenvalue weighted by atomic mass is 35.5. The number of benzene rings is 2. The summed E-state index contributed by atoms with van der Waals surface area (Å²) < 4.78 is 15.0. The summed E-state index contributed by atoms with van der Waals surface area (Å²) in [4.78, 5) is 0. The summed E-state index contributed by atoms with van der Waals surface area (Å²) in [6.45, 7) is 2.63. The topological polar surface area (TPSA) is 17.8 Å². The van der Waals surface area contributed by atoms with Gasteiger partial charge >= 0.3 is 0 Å². The zero-order chi connectivity index (χ0) is 14.1. The van der Waals surface area contributed by atoms with Crippen LogP contribution in [0.5, 0.6) is 0 Å². The lowest BCUT2D eigenvalue weighted by Crippen LogP contribution is -2.03. The first kappa shape index (κ1) is 13.1. The average molecular weight is 289 g/mol. The van der Waals surface area contributed by atoms with Crippen molar-refractivity contribution in [2.24, 2.45) is 0 Å². The fourth-order valence-corrected chi connectivity index (χ4v) is 2.62. The third-order valence-corrected chi connectivity index (χ3v) is 3.76. The van der Waals surface area contributed by atoms with Gasteiger partial charge in [0.2, 0.25) is 0 Å². The Bertz CT molecular complexity index is 764. The minimum absolute atomic E-state index is 0.321. The molecule has 0 spiro atoms. The van der Waals surface area contributed by atoms with Crippen molar-refractivity contribution in [3.05, 3.63) is 64.6 Å². The molecule has 0 aliphatic carbocycles. The SMILES string of the molecule is CCc1nn(Cc2ccc(F)cc2Cl)c2ccccc12. The standard InChI is InChI=1S/C16H14ClFN2/c1-2-15-13-5-3-4-6-16(13)20(19-15)10-11-7-8-12(18)9-14(11)17/h3-9H,2,10H2,1H3. The summed E-state index contributed by atoms with van der Waals surface area (Å²) in [5.41, 5.74) is 3.01. The van der Waals surface area contributed by atoms with Crippen LogP contribution in [-0.4, -0.2) is 9.78 Å². The molecular formula is C16H14ClFN2. The monoisotopic (exact) mass is 288 g/mol.